The van der Waals surface area contributed by atoms with Gasteiger partial charge in [-0.15, -0.1) is 0 Å². The van der Waals surface area contributed by atoms with Gasteiger partial charge < -0.3 is 18.8 Å². The van der Waals surface area contributed by atoms with Gasteiger partial charge in [-0.25, -0.2) is 0 Å². The van der Waals surface area contributed by atoms with Crippen molar-refractivity contribution in [2.45, 2.75) is 13.2 Å². The molecule has 1 amide bonds. The lowest BCUT2D eigenvalue weighted by Gasteiger charge is -2.21. The molecule has 5 nitrogen and oxygen atoms in total. The van der Waals surface area contributed by atoms with Crippen molar-refractivity contribution < 1.29 is 27.5 Å². The van der Waals surface area contributed by atoms with Crippen LogP contribution in [0.4, 0.5) is 8.78 Å². The topological polar surface area (TPSA) is 51.9 Å². The van der Waals surface area contributed by atoms with Crippen LogP contribution in [0.25, 0.3) is 0 Å². The van der Waals surface area contributed by atoms with Crippen molar-refractivity contribution >= 4 is 5.91 Å². The van der Waals surface area contributed by atoms with E-state index in [0.29, 0.717) is 31.0 Å². The summed E-state index contributed by atoms with van der Waals surface area (Å²) in [5, 5.41) is 0. The Kier molecular flexibility index (Phi) is 6.10. The average Bonchev–Trinajstić information content (AvgIpc) is 3.04. The van der Waals surface area contributed by atoms with E-state index >= 15 is 0 Å². The van der Waals surface area contributed by atoms with Gasteiger partial charge in [0.05, 0.1) is 19.4 Å². The highest BCUT2D eigenvalue weighted by Gasteiger charge is 2.17. The zero-order chi connectivity index (χ0) is 16.7. The minimum Gasteiger partial charge on any atom is -0.467 e. The number of methoxy groups -OCH3 is 1. The van der Waals surface area contributed by atoms with Gasteiger partial charge in [-0.1, -0.05) is 0 Å². The highest BCUT2D eigenvalue weighted by atomic mass is 19.3. The minimum atomic E-state index is -2.89. The number of carbonyl (C=O) groups excluding carboxylic acids is 1. The van der Waals surface area contributed by atoms with Crippen LogP contribution < -0.4 is 4.74 Å². The predicted molar refractivity (Wildman–Crippen MR) is 78.4 cm³/mol. The van der Waals surface area contributed by atoms with Crippen molar-refractivity contribution in [2.24, 2.45) is 0 Å². The predicted octanol–water partition coefficient (Wildman–Crippen LogP) is 3.17. The average molecular weight is 325 g/mol. The third kappa shape index (κ3) is 5.07. The van der Waals surface area contributed by atoms with E-state index in [1.165, 1.54) is 30.5 Å². The van der Waals surface area contributed by atoms with Crippen molar-refractivity contribution in [2.75, 3.05) is 20.3 Å². The molecule has 124 valence electrons. The molecule has 2 aromatic rings. The Morgan fingerprint density at radius 1 is 1.26 bits per heavy atom. The van der Waals surface area contributed by atoms with Crippen LogP contribution in [0.1, 0.15) is 16.1 Å². The normalized spacial score (nSPS) is 10.8. The number of carbonyl (C=O) groups is 1. The van der Waals surface area contributed by atoms with Crippen LogP contribution in [0.15, 0.2) is 47.1 Å². The first kappa shape index (κ1) is 17.0. The second-order valence-electron chi connectivity index (χ2n) is 4.70. The maximum Gasteiger partial charge on any atom is 0.387 e. The second-order valence-corrected chi connectivity index (χ2v) is 4.70. The van der Waals surface area contributed by atoms with Gasteiger partial charge in [-0.3, -0.25) is 4.79 Å². The fraction of sp³-hybridized carbons (Fsp3) is 0.312. The third-order valence-electron chi connectivity index (χ3n) is 3.11. The van der Waals surface area contributed by atoms with Crippen LogP contribution in [-0.4, -0.2) is 37.7 Å². The Hall–Kier alpha value is -2.41. The number of hydrogen-bond acceptors (Lipinski definition) is 4. The van der Waals surface area contributed by atoms with Crippen LogP contribution in [0.5, 0.6) is 5.75 Å². The monoisotopic (exact) mass is 325 g/mol. The molecule has 1 aromatic heterocycles. The van der Waals surface area contributed by atoms with E-state index in [2.05, 4.69) is 4.74 Å². The van der Waals surface area contributed by atoms with Gasteiger partial charge in [-0.2, -0.15) is 8.78 Å². The highest BCUT2D eigenvalue weighted by Crippen LogP contribution is 2.17. The van der Waals surface area contributed by atoms with Crippen LogP contribution in [0.3, 0.4) is 0 Å². The first-order valence-electron chi connectivity index (χ1n) is 6.95. The van der Waals surface area contributed by atoms with Crippen LogP contribution in [-0.2, 0) is 11.3 Å². The van der Waals surface area contributed by atoms with Crippen molar-refractivity contribution in [3.05, 3.63) is 54.0 Å². The quantitative estimate of drug-likeness (QED) is 0.748. The van der Waals surface area contributed by atoms with Gasteiger partial charge in [0.1, 0.15) is 11.5 Å². The number of ether oxygens (including phenoxy) is 2. The summed E-state index contributed by atoms with van der Waals surface area (Å²) in [5.41, 5.74) is 0.370. The van der Waals surface area contributed by atoms with E-state index in [9.17, 15) is 13.6 Å². The molecule has 23 heavy (non-hydrogen) atoms. The lowest BCUT2D eigenvalue weighted by atomic mass is 10.2. The van der Waals surface area contributed by atoms with Gasteiger partial charge in [0.25, 0.3) is 5.91 Å². The number of benzene rings is 1. The molecule has 0 N–H and O–H groups in total. The zero-order valence-corrected chi connectivity index (χ0v) is 12.6. The Morgan fingerprint density at radius 2 is 2.00 bits per heavy atom. The summed E-state index contributed by atoms with van der Waals surface area (Å²) in [5.74, 6) is 0.403. The van der Waals surface area contributed by atoms with Crippen LogP contribution in [0, 0.1) is 0 Å². The minimum absolute atomic E-state index is 0.00558. The van der Waals surface area contributed by atoms with Crippen LogP contribution in [0.2, 0.25) is 0 Å². The molecule has 0 aliphatic carbocycles. The number of amides is 1. The molecule has 0 bridgehead atoms. The molecule has 0 unspecified atom stereocenters. The van der Waals surface area contributed by atoms with Crippen molar-refractivity contribution in [1.29, 1.82) is 0 Å². The van der Waals surface area contributed by atoms with E-state index in [-0.39, 0.29) is 11.7 Å². The standard InChI is InChI=1S/C16H17F2NO4/c1-21-10-8-19(11-14-3-2-9-22-14)15(20)12-4-6-13(7-5-12)23-16(17)18/h2-7,9,16H,8,10-11H2,1H3. The van der Waals surface area contributed by atoms with E-state index in [1.807, 2.05) is 0 Å². The van der Waals surface area contributed by atoms with Crippen LogP contribution >= 0.6 is 0 Å². The first-order valence-corrected chi connectivity index (χ1v) is 6.95. The number of furan rings is 1. The molecule has 1 aromatic carbocycles. The van der Waals surface area contributed by atoms with E-state index in [4.69, 9.17) is 9.15 Å². The molecule has 0 atom stereocenters. The molecule has 0 saturated heterocycles. The smallest absolute Gasteiger partial charge is 0.387 e. The van der Waals surface area contributed by atoms with Gasteiger partial charge in [0.15, 0.2) is 0 Å². The van der Waals surface area contributed by atoms with E-state index in [1.54, 1.807) is 24.1 Å². The summed E-state index contributed by atoms with van der Waals surface area (Å²) >= 11 is 0. The Morgan fingerprint density at radius 3 is 2.57 bits per heavy atom. The second kappa shape index (κ2) is 8.28. The molecule has 1 heterocycles. The molecule has 7 heteroatoms. The first-order chi connectivity index (χ1) is 11.1. The number of nitrogens with zero attached hydrogens (tertiary/aromatic N) is 1. The van der Waals surface area contributed by atoms with Crippen molar-refractivity contribution in [3.8, 4) is 5.75 Å². The van der Waals surface area contributed by atoms with Gasteiger partial charge in [-0.05, 0) is 36.4 Å². The summed E-state index contributed by atoms with van der Waals surface area (Å²) in [4.78, 5) is 14.1. The highest BCUT2D eigenvalue weighted by molar-refractivity contribution is 5.94. The molecule has 0 aliphatic heterocycles. The molecular formula is C16H17F2NO4. The maximum atomic E-state index is 12.6. The van der Waals surface area contributed by atoms with E-state index in [0.717, 1.165) is 0 Å². The molecule has 0 aliphatic rings. The van der Waals surface area contributed by atoms with Gasteiger partial charge in [0, 0.05) is 19.2 Å². The summed E-state index contributed by atoms with van der Waals surface area (Å²) in [6.45, 7) is -1.84. The lowest BCUT2D eigenvalue weighted by Crippen LogP contribution is -2.33. The number of alkyl halides is 2. The third-order valence-corrected chi connectivity index (χ3v) is 3.11. The molecule has 0 radical (unpaired) electrons. The van der Waals surface area contributed by atoms with Gasteiger partial charge >= 0.3 is 6.61 Å². The molecular weight excluding hydrogens is 308 g/mol. The molecule has 2 rings (SSSR count). The lowest BCUT2D eigenvalue weighted by molar-refractivity contribution is -0.0498. The fourth-order valence-electron chi connectivity index (χ4n) is 2.01. The number of halogens is 2. The molecule has 0 spiro atoms. The van der Waals surface area contributed by atoms with Gasteiger partial charge in [0.2, 0.25) is 0 Å². The summed E-state index contributed by atoms with van der Waals surface area (Å²) in [6.07, 6.45) is 1.53. The molecule has 0 saturated carbocycles. The summed E-state index contributed by atoms with van der Waals surface area (Å²) in [6, 6.07) is 9.07. The van der Waals surface area contributed by atoms with Crippen molar-refractivity contribution in [3.63, 3.8) is 0 Å². The summed E-state index contributed by atoms with van der Waals surface area (Å²) < 4.78 is 38.8. The Bertz CT molecular complexity index is 599. The van der Waals surface area contributed by atoms with E-state index < -0.39 is 6.61 Å². The largest absolute Gasteiger partial charge is 0.467 e. The number of hydrogen-bond donors (Lipinski definition) is 0. The Labute approximate surface area is 132 Å². The Balaban J connectivity index is 2.09. The SMILES string of the molecule is COCCN(Cc1ccco1)C(=O)c1ccc(OC(F)F)cc1. The maximum absolute atomic E-state index is 12.6. The zero-order valence-electron chi connectivity index (χ0n) is 12.6. The molecule has 0 fully saturated rings. The summed E-state index contributed by atoms with van der Waals surface area (Å²) in [7, 11) is 1.55. The number of rotatable bonds is 8. The van der Waals surface area contributed by atoms with Crippen molar-refractivity contribution in [1.82, 2.24) is 4.90 Å². The fourth-order valence-corrected chi connectivity index (χ4v) is 2.01.